The van der Waals surface area contributed by atoms with Crippen molar-refractivity contribution < 1.29 is 9.53 Å². The predicted octanol–water partition coefficient (Wildman–Crippen LogP) is 2.25. The van der Waals surface area contributed by atoms with E-state index in [0.29, 0.717) is 13.0 Å². The van der Waals surface area contributed by atoms with Gasteiger partial charge in [0.1, 0.15) is 0 Å². The van der Waals surface area contributed by atoms with Crippen LogP contribution in [-0.2, 0) is 16.0 Å². The van der Waals surface area contributed by atoms with E-state index in [1.165, 1.54) is 5.56 Å². The predicted molar refractivity (Wildman–Crippen MR) is 90.0 cm³/mol. The first-order valence-electron chi connectivity index (χ1n) is 6.94. The van der Waals surface area contributed by atoms with Crippen molar-refractivity contribution in [1.82, 2.24) is 10.2 Å². The van der Waals surface area contributed by atoms with Gasteiger partial charge in [-0.15, -0.1) is 12.4 Å². The number of morpholine rings is 1. The number of rotatable bonds is 5. The van der Waals surface area contributed by atoms with Crippen molar-refractivity contribution in [3.05, 3.63) is 34.3 Å². The normalized spacial score (nSPS) is 17.9. The van der Waals surface area contributed by atoms with E-state index in [4.69, 9.17) is 4.74 Å². The summed E-state index contributed by atoms with van der Waals surface area (Å²) in [7, 11) is 1.87. The molecule has 1 N–H and O–H groups in total. The lowest BCUT2D eigenvalue weighted by atomic mass is 10.1. The van der Waals surface area contributed by atoms with E-state index in [0.717, 1.165) is 30.6 Å². The number of hydrogen-bond donors (Lipinski definition) is 1. The number of nitrogens with one attached hydrogen (secondary N) is 1. The molecule has 21 heavy (non-hydrogen) atoms. The molecule has 1 aromatic rings. The molecule has 4 nitrogen and oxygen atoms in total. The van der Waals surface area contributed by atoms with Crippen molar-refractivity contribution in [2.75, 3.05) is 33.4 Å². The third-order valence-electron chi connectivity index (χ3n) is 3.49. The molecule has 118 valence electrons. The van der Waals surface area contributed by atoms with E-state index < -0.39 is 0 Å². The second-order valence-electron chi connectivity index (χ2n) is 5.12. The number of carbonyl (C=O) groups is 1. The first-order chi connectivity index (χ1) is 9.65. The quantitative estimate of drug-likeness (QED) is 0.856. The molecule has 1 aliphatic rings. The van der Waals surface area contributed by atoms with Crippen LogP contribution < -0.4 is 5.32 Å². The van der Waals surface area contributed by atoms with Gasteiger partial charge in [0.2, 0.25) is 5.91 Å². The Morgan fingerprint density at radius 1 is 1.43 bits per heavy atom. The van der Waals surface area contributed by atoms with Crippen LogP contribution in [0.25, 0.3) is 0 Å². The average molecular weight is 378 g/mol. The van der Waals surface area contributed by atoms with Crippen LogP contribution in [0.15, 0.2) is 28.7 Å². The Labute approximate surface area is 140 Å². The van der Waals surface area contributed by atoms with Crippen molar-refractivity contribution in [3.63, 3.8) is 0 Å². The zero-order valence-corrected chi connectivity index (χ0v) is 14.6. The molecule has 1 fully saturated rings. The number of carbonyl (C=O) groups excluding carboxylic acids is 1. The molecule has 1 amide bonds. The molecule has 0 radical (unpaired) electrons. The van der Waals surface area contributed by atoms with Crippen LogP contribution in [0.5, 0.6) is 0 Å². The van der Waals surface area contributed by atoms with E-state index in [9.17, 15) is 4.79 Å². The molecule has 1 saturated heterocycles. The van der Waals surface area contributed by atoms with Crippen molar-refractivity contribution in [2.24, 2.45) is 0 Å². The van der Waals surface area contributed by atoms with Crippen molar-refractivity contribution in [1.29, 1.82) is 0 Å². The maximum Gasteiger partial charge on any atom is 0.223 e. The standard InChI is InChI=1S/C15H21BrN2O2.ClH/c1-18(8-6-12-2-4-13(16)5-3-12)15(19)10-14-11-20-9-7-17-14;/h2-5,14,17H,6-11H2,1H3;1H. The van der Waals surface area contributed by atoms with E-state index >= 15 is 0 Å². The lowest BCUT2D eigenvalue weighted by molar-refractivity contribution is -0.131. The van der Waals surface area contributed by atoms with Crippen LogP contribution in [-0.4, -0.2) is 50.2 Å². The molecule has 2 rings (SSSR count). The molecule has 1 atom stereocenters. The highest BCUT2D eigenvalue weighted by Crippen LogP contribution is 2.11. The summed E-state index contributed by atoms with van der Waals surface area (Å²) >= 11 is 3.42. The Hall–Kier alpha value is -0.620. The Balaban J connectivity index is 0.00000220. The maximum absolute atomic E-state index is 12.1. The summed E-state index contributed by atoms with van der Waals surface area (Å²) in [4.78, 5) is 13.9. The Morgan fingerprint density at radius 3 is 2.76 bits per heavy atom. The highest BCUT2D eigenvalue weighted by atomic mass is 79.9. The minimum absolute atomic E-state index is 0. The van der Waals surface area contributed by atoms with Gasteiger partial charge in [-0.1, -0.05) is 28.1 Å². The van der Waals surface area contributed by atoms with E-state index in [1.807, 2.05) is 19.2 Å². The van der Waals surface area contributed by atoms with E-state index in [2.05, 4.69) is 33.4 Å². The van der Waals surface area contributed by atoms with Gasteiger partial charge in [-0.05, 0) is 24.1 Å². The Kier molecular flexibility index (Phi) is 8.26. The number of nitrogens with zero attached hydrogens (tertiary/aromatic N) is 1. The van der Waals surface area contributed by atoms with Crippen LogP contribution in [0, 0.1) is 0 Å². The van der Waals surface area contributed by atoms with Gasteiger partial charge in [0, 0.05) is 37.1 Å². The first kappa shape index (κ1) is 18.4. The molecule has 0 bridgehead atoms. The van der Waals surface area contributed by atoms with Crippen molar-refractivity contribution in [3.8, 4) is 0 Å². The average Bonchev–Trinajstić information content (AvgIpc) is 2.47. The summed E-state index contributed by atoms with van der Waals surface area (Å²) in [5, 5.41) is 3.31. The molecular formula is C15H22BrClN2O2. The minimum atomic E-state index is 0. The number of amides is 1. The SMILES string of the molecule is CN(CCc1ccc(Br)cc1)C(=O)CC1COCCN1.Cl. The second kappa shape index (κ2) is 9.41. The number of hydrogen-bond acceptors (Lipinski definition) is 3. The smallest absolute Gasteiger partial charge is 0.223 e. The fourth-order valence-corrected chi connectivity index (χ4v) is 2.45. The van der Waals surface area contributed by atoms with Crippen LogP contribution in [0.4, 0.5) is 0 Å². The first-order valence-corrected chi connectivity index (χ1v) is 7.74. The van der Waals surface area contributed by atoms with Gasteiger partial charge in [-0.2, -0.15) is 0 Å². The molecule has 1 aliphatic heterocycles. The van der Waals surface area contributed by atoms with Crippen LogP contribution in [0.2, 0.25) is 0 Å². The summed E-state index contributed by atoms with van der Waals surface area (Å²) < 4.78 is 6.44. The van der Waals surface area contributed by atoms with Gasteiger partial charge < -0.3 is 15.0 Å². The van der Waals surface area contributed by atoms with Crippen LogP contribution in [0.3, 0.4) is 0 Å². The van der Waals surface area contributed by atoms with Gasteiger partial charge in [0.05, 0.1) is 13.2 Å². The largest absolute Gasteiger partial charge is 0.378 e. The van der Waals surface area contributed by atoms with Gasteiger partial charge in [-0.25, -0.2) is 0 Å². The van der Waals surface area contributed by atoms with Crippen molar-refractivity contribution in [2.45, 2.75) is 18.9 Å². The molecule has 6 heteroatoms. The molecule has 1 unspecified atom stereocenters. The molecule has 0 aliphatic carbocycles. The summed E-state index contributed by atoms with van der Waals surface area (Å²) in [5.74, 6) is 0.171. The lowest BCUT2D eigenvalue weighted by Crippen LogP contribution is -2.44. The molecule has 1 aromatic carbocycles. The topological polar surface area (TPSA) is 41.6 Å². The minimum Gasteiger partial charge on any atom is -0.378 e. The third kappa shape index (κ3) is 6.34. The Bertz CT molecular complexity index is 436. The van der Waals surface area contributed by atoms with Gasteiger partial charge >= 0.3 is 0 Å². The third-order valence-corrected chi connectivity index (χ3v) is 4.02. The monoisotopic (exact) mass is 376 g/mol. The molecule has 0 saturated carbocycles. The number of ether oxygens (including phenoxy) is 1. The highest BCUT2D eigenvalue weighted by molar-refractivity contribution is 9.10. The summed E-state index contributed by atoms with van der Waals surface area (Å²) in [6.07, 6.45) is 1.39. The maximum atomic E-state index is 12.1. The molecule has 1 heterocycles. The van der Waals surface area contributed by atoms with E-state index in [-0.39, 0.29) is 24.4 Å². The van der Waals surface area contributed by atoms with Gasteiger partial charge in [0.25, 0.3) is 0 Å². The fraction of sp³-hybridized carbons (Fsp3) is 0.533. The summed E-state index contributed by atoms with van der Waals surface area (Å²) in [5.41, 5.74) is 1.24. The summed E-state index contributed by atoms with van der Waals surface area (Å²) in [6.45, 7) is 2.95. The zero-order valence-electron chi connectivity index (χ0n) is 12.2. The van der Waals surface area contributed by atoms with Crippen LogP contribution >= 0.6 is 28.3 Å². The van der Waals surface area contributed by atoms with Gasteiger partial charge in [0.15, 0.2) is 0 Å². The van der Waals surface area contributed by atoms with E-state index in [1.54, 1.807) is 4.90 Å². The second-order valence-corrected chi connectivity index (χ2v) is 6.04. The zero-order chi connectivity index (χ0) is 14.4. The Morgan fingerprint density at radius 2 is 2.14 bits per heavy atom. The summed E-state index contributed by atoms with van der Waals surface area (Å²) in [6, 6.07) is 8.38. The fourth-order valence-electron chi connectivity index (χ4n) is 2.19. The number of likely N-dealkylation sites (N-methyl/N-ethyl adjacent to an activating group) is 1. The van der Waals surface area contributed by atoms with Crippen molar-refractivity contribution >= 4 is 34.2 Å². The highest BCUT2D eigenvalue weighted by Gasteiger charge is 2.18. The lowest BCUT2D eigenvalue weighted by Gasteiger charge is -2.25. The molecule has 0 spiro atoms. The number of halogens is 2. The number of benzene rings is 1. The molecule has 0 aromatic heterocycles. The molecular weight excluding hydrogens is 356 g/mol. The van der Waals surface area contributed by atoms with Gasteiger partial charge in [-0.3, -0.25) is 4.79 Å². The van der Waals surface area contributed by atoms with Crippen LogP contribution in [0.1, 0.15) is 12.0 Å².